The minimum atomic E-state index is 0.105. The average Bonchev–Trinajstić information content (AvgIpc) is 2.51. The molecule has 1 aromatic rings. The first kappa shape index (κ1) is 18.1. The molecule has 0 amide bonds. The van der Waals surface area contributed by atoms with Crippen LogP contribution in [-0.4, -0.2) is 19.3 Å². The van der Waals surface area contributed by atoms with Crippen LogP contribution in [0.2, 0.25) is 0 Å². The highest BCUT2D eigenvalue weighted by Gasteiger charge is 2.10. The van der Waals surface area contributed by atoms with E-state index in [1.165, 1.54) is 5.54 Å². The van der Waals surface area contributed by atoms with Crippen LogP contribution in [0.25, 0.3) is 0 Å². The standard InChI is InChI=1S/C16H23Cl2NO2/c1-3-7-20-15-6-5-12(8-14(19)4-2)16(9-15)21-11-13(18)10-17/h5-6,9-10,14H,3-4,7-8,11,19H2,1-2H3. The van der Waals surface area contributed by atoms with Crippen molar-refractivity contribution >= 4 is 23.2 Å². The Bertz CT molecular complexity index is 464. The number of hydrogen-bond acceptors (Lipinski definition) is 3. The summed E-state index contributed by atoms with van der Waals surface area (Å²) in [6.07, 6.45) is 2.62. The van der Waals surface area contributed by atoms with Crippen LogP contribution in [-0.2, 0) is 6.42 Å². The van der Waals surface area contributed by atoms with E-state index in [2.05, 4.69) is 13.8 Å². The summed E-state index contributed by atoms with van der Waals surface area (Å²) in [6, 6.07) is 5.92. The highest BCUT2D eigenvalue weighted by Crippen LogP contribution is 2.27. The van der Waals surface area contributed by atoms with Crippen LogP contribution in [0.15, 0.2) is 28.8 Å². The molecule has 0 saturated carbocycles. The second-order valence-electron chi connectivity index (χ2n) is 4.84. The van der Waals surface area contributed by atoms with Gasteiger partial charge < -0.3 is 15.2 Å². The summed E-state index contributed by atoms with van der Waals surface area (Å²) in [4.78, 5) is 0. The number of ether oxygens (including phenoxy) is 2. The van der Waals surface area contributed by atoms with Crippen LogP contribution in [0.1, 0.15) is 32.3 Å². The van der Waals surface area contributed by atoms with Gasteiger partial charge >= 0.3 is 0 Å². The molecule has 5 heteroatoms. The molecule has 1 unspecified atom stereocenters. The van der Waals surface area contributed by atoms with Crippen molar-refractivity contribution in [1.29, 1.82) is 0 Å². The Balaban J connectivity index is 2.88. The van der Waals surface area contributed by atoms with Crippen molar-refractivity contribution in [1.82, 2.24) is 0 Å². The molecule has 1 aromatic carbocycles. The summed E-state index contributed by atoms with van der Waals surface area (Å²) < 4.78 is 11.4. The molecule has 0 aromatic heterocycles. The molecule has 0 saturated heterocycles. The van der Waals surface area contributed by atoms with Gasteiger partial charge in [0.15, 0.2) is 0 Å². The van der Waals surface area contributed by atoms with Gasteiger partial charge in [0.05, 0.1) is 11.6 Å². The van der Waals surface area contributed by atoms with Crippen LogP contribution in [0.3, 0.4) is 0 Å². The number of benzene rings is 1. The first-order chi connectivity index (χ1) is 10.1. The maximum atomic E-state index is 6.03. The molecule has 0 spiro atoms. The van der Waals surface area contributed by atoms with E-state index in [1.54, 1.807) is 0 Å². The van der Waals surface area contributed by atoms with Crippen LogP contribution in [0.5, 0.6) is 11.5 Å². The predicted octanol–water partition coefficient (Wildman–Crippen LogP) is 4.45. The minimum absolute atomic E-state index is 0.105. The van der Waals surface area contributed by atoms with Gasteiger partial charge in [0.25, 0.3) is 0 Å². The van der Waals surface area contributed by atoms with E-state index in [-0.39, 0.29) is 12.6 Å². The zero-order valence-electron chi connectivity index (χ0n) is 12.6. The van der Waals surface area contributed by atoms with Crippen molar-refractivity contribution in [3.05, 3.63) is 34.3 Å². The van der Waals surface area contributed by atoms with Gasteiger partial charge in [-0.2, -0.15) is 0 Å². The highest BCUT2D eigenvalue weighted by atomic mass is 35.5. The molecule has 0 aliphatic heterocycles. The molecule has 0 radical (unpaired) electrons. The van der Waals surface area contributed by atoms with Crippen molar-refractivity contribution in [3.8, 4) is 11.5 Å². The van der Waals surface area contributed by atoms with Gasteiger partial charge in [-0.3, -0.25) is 0 Å². The average molecular weight is 332 g/mol. The summed E-state index contributed by atoms with van der Waals surface area (Å²) in [7, 11) is 0. The minimum Gasteiger partial charge on any atom is -0.493 e. The normalized spacial score (nSPS) is 13.1. The Hall–Kier alpha value is -0.900. The van der Waals surface area contributed by atoms with Gasteiger partial charge in [0, 0.05) is 17.6 Å². The Labute approximate surface area is 137 Å². The molecule has 0 bridgehead atoms. The van der Waals surface area contributed by atoms with Crippen molar-refractivity contribution in [2.75, 3.05) is 13.2 Å². The van der Waals surface area contributed by atoms with Crippen molar-refractivity contribution < 1.29 is 9.47 Å². The first-order valence-electron chi connectivity index (χ1n) is 7.19. The lowest BCUT2D eigenvalue weighted by molar-refractivity contribution is 0.310. The summed E-state index contributed by atoms with van der Waals surface area (Å²) in [5, 5.41) is 0.447. The van der Waals surface area contributed by atoms with E-state index in [4.69, 9.17) is 38.4 Å². The van der Waals surface area contributed by atoms with Gasteiger partial charge in [0.2, 0.25) is 0 Å². The molecule has 0 heterocycles. The molecule has 2 N–H and O–H groups in total. The summed E-state index contributed by atoms with van der Waals surface area (Å²) in [5.41, 5.74) is 8.38. The van der Waals surface area contributed by atoms with Crippen LogP contribution in [0.4, 0.5) is 0 Å². The molecule has 3 nitrogen and oxygen atoms in total. The van der Waals surface area contributed by atoms with Crippen molar-refractivity contribution in [2.24, 2.45) is 5.73 Å². The molecule has 0 aliphatic carbocycles. The zero-order valence-corrected chi connectivity index (χ0v) is 14.1. The predicted molar refractivity (Wildman–Crippen MR) is 89.5 cm³/mol. The van der Waals surface area contributed by atoms with Gasteiger partial charge in [-0.25, -0.2) is 0 Å². The monoisotopic (exact) mass is 331 g/mol. The van der Waals surface area contributed by atoms with E-state index < -0.39 is 0 Å². The van der Waals surface area contributed by atoms with E-state index in [0.717, 1.165) is 36.3 Å². The fourth-order valence-electron chi connectivity index (χ4n) is 1.75. The van der Waals surface area contributed by atoms with Crippen molar-refractivity contribution in [2.45, 2.75) is 39.2 Å². The highest BCUT2D eigenvalue weighted by molar-refractivity contribution is 6.36. The Morgan fingerprint density at radius 1 is 1.33 bits per heavy atom. The van der Waals surface area contributed by atoms with E-state index in [0.29, 0.717) is 11.6 Å². The van der Waals surface area contributed by atoms with E-state index in [1.807, 2.05) is 18.2 Å². The summed E-state index contributed by atoms with van der Waals surface area (Å²) in [5.74, 6) is 1.52. The lowest BCUT2D eigenvalue weighted by Crippen LogP contribution is -2.21. The topological polar surface area (TPSA) is 44.5 Å². The summed E-state index contributed by atoms with van der Waals surface area (Å²) in [6.45, 7) is 5.04. The maximum Gasteiger partial charge on any atom is 0.126 e. The molecule has 118 valence electrons. The first-order valence-corrected chi connectivity index (χ1v) is 8.01. The Morgan fingerprint density at radius 2 is 2.10 bits per heavy atom. The number of nitrogens with two attached hydrogens (primary N) is 1. The Morgan fingerprint density at radius 3 is 2.71 bits per heavy atom. The SMILES string of the molecule is CCCOc1ccc(CC(N)CC)c(OCC(Cl)=CCl)c1. The van der Waals surface area contributed by atoms with Crippen LogP contribution in [0, 0.1) is 0 Å². The third kappa shape index (κ3) is 6.60. The van der Waals surface area contributed by atoms with Gasteiger partial charge in [-0.05, 0) is 30.9 Å². The largest absolute Gasteiger partial charge is 0.493 e. The second-order valence-corrected chi connectivity index (χ2v) is 5.54. The number of halogens is 2. The number of rotatable bonds is 9. The molecular weight excluding hydrogens is 309 g/mol. The van der Waals surface area contributed by atoms with Gasteiger partial charge in [0.1, 0.15) is 18.1 Å². The lowest BCUT2D eigenvalue weighted by Gasteiger charge is -2.16. The van der Waals surface area contributed by atoms with Crippen LogP contribution >= 0.6 is 23.2 Å². The molecular formula is C16H23Cl2NO2. The fourth-order valence-corrected chi connectivity index (χ4v) is 1.87. The van der Waals surface area contributed by atoms with E-state index >= 15 is 0 Å². The van der Waals surface area contributed by atoms with E-state index in [9.17, 15) is 0 Å². The molecule has 1 atom stereocenters. The molecule has 0 fully saturated rings. The third-order valence-corrected chi connectivity index (χ3v) is 3.60. The maximum absolute atomic E-state index is 6.03. The molecule has 1 rings (SSSR count). The summed E-state index contributed by atoms with van der Waals surface area (Å²) >= 11 is 11.4. The third-order valence-electron chi connectivity index (χ3n) is 3.00. The lowest BCUT2D eigenvalue weighted by atomic mass is 10.0. The van der Waals surface area contributed by atoms with Gasteiger partial charge in [-0.15, -0.1) is 0 Å². The number of hydrogen-bond donors (Lipinski definition) is 1. The second kappa shape index (κ2) is 9.93. The van der Waals surface area contributed by atoms with Crippen molar-refractivity contribution in [3.63, 3.8) is 0 Å². The molecule has 0 aliphatic rings. The molecule has 21 heavy (non-hydrogen) atoms. The van der Waals surface area contributed by atoms with Crippen LogP contribution < -0.4 is 15.2 Å². The zero-order chi connectivity index (χ0) is 15.7. The Kier molecular flexibility index (Phi) is 8.58. The fraction of sp³-hybridized carbons (Fsp3) is 0.500. The quantitative estimate of drug-likeness (QED) is 0.726. The van der Waals surface area contributed by atoms with Gasteiger partial charge in [-0.1, -0.05) is 43.1 Å². The smallest absolute Gasteiger partial charge is 0.126 e.